The lowest BCUT2D eigenvalue weighted by Gasteiger charge is -2.20. The summed E-state index contributed by atoms with van der Waals surface area (Å²) in [4.78, 5) is 0. The van der Waals surface area contributed by atoms with Gasteiger partial charge in [0.15, 0.2) is 0 Å². The van der Waals surface area contributed by atoms with Crippen molar-refractivity contribution >= 4 is 43.8 Å². The van der Waals surface area contributed by atoms with Gasteiger partial charge in [-0.05, 0) is 12.8 Å². The third-order valence-electron chi connectivity index (χ3n) is 1.60. The summed E-state index contributed by atoms with van der Waals surface area (Å²) in [5.74, 6) is 0. The van der Waals surface area contributed by atoms with Crippen LogP contribution in [0.2, 0.25) is 0 Å². The fourth-order valence-electron chi connectivity index (χ4n) is 1.04. The van der Waals surface area contributed by atoms with Crippen molar-refractivity contribution in [3.8, 4) is 0 Å². The van der Waals surface area contributed by atoms with Gasteiger partial charge >= 0.3 is 0 Å². The van der Waals surface area contributed by atoms with Crippen molar-refractivity contribution < 1.29 is 0 Å². The highest BCUT2D eigenvalue weighted by molar-refractivity contribution is 6.80. The first-order valence-corrected chi connectivity index (χ1v) is 7.36. The molecular formula is C6H13Cl3Si. The number of hydrogen-bond donors (Lipinski definition) is 0. The van der Waals surface area contributed by atoms with Crippen molar-refractivity contribution in [1.29, 1.82) is 0 Å². The lowest BCUT2D eigenvalue weighted by Crippen LogP contribution is -2.19. The Morgan fingerprint density at radius 2 is 1.20 bits per heavy atom. The van der Waals surface area contributed by atoms with E-state index in [1.165, 1.54) is 12.8 Å². The van der Waals surface area contributed by atoms with Crippen molar-refractivity contribution in [2.75, 3.05) is 0 Å². The lowest BCUT2D eigenvalue weighted by atomic mass is 10.00. The summed E-state index contributed by atoms with van der Waals surface area (Å²) in [5, 5.41) is 0.482. The Balaban J connectivity index is 0.000000371. The van der Waals surface area contributed by atoms with Crippen molar-refractivity contribution in [1.82, 2.24) is 0 Å². The smallest absolute Gasteiger partial charge is 0.109 e. The van der Waals surface area contributed by atoms with E-state index in [2.05, 4.69) is 0 Å². The Labute approximate surface area is 80.4 Å². The molecule has 0 nitrogen and oxygen atoms in total. The number of hydrogen-bond acceptors (Lipinski definition) is 0. The molecule has 0 aromatic carbocycles. The fourth-order valence-corrected chi connectivity index (χ4v) is 1.60. The maximum atomic E-state index is 5.84. The van der Waals surface area contributed by atoms with Crippen LogP contribution in [0.3, 0.4) is 0 Å². The molecule has 1 aliphatic rings. The predicted octanol–water partition coefficient (Wildman–Crippen LogP) is 2.28. The van der Waals surface area contributed by atoms with Crippen molar-refractivity contribution in [2.45, 2.75) is 36.4 Å². The SMILES string of the molecule is ClC1CCCCC1Cl.[SiH3]Cl. The summed E-state index contributed by atoms with van der Waals surface area (Å²) < 4.78 is 0. The standard InChI is InChI=1S/C6H10Cl2.ClH3Si/c7-5-3-1-2-4-6(5)8;1-2/h5-6H,1-4H2;2H3. The fraction of sp³-hybridized carbons (Fsp3) is 1.00. The van der Waals surface area contributed by atoms with Gasteiger partial charge in [-0.2, -0.15) is 11.1 Å². The Morgan fingerprint density at radius 3 is 1.40 bits per heavy atom. The zero-order valence-electron chi connectivity index (χ0n) is 6.12. The quantitative estimate of drug-likeness (QED) is 0.333. The second-order valence-corrected chi connectivity index (χ2v) is 3.44. The normalized spacial score (nSPS) is 32.7. The van der Waals surface area contributed by atoms with Crippen LogP contribution in [0.4, 0.5) is 0 Å². The summed E-state index contributed by atoms with van der Waals surface area (Å²) in [6, 6.07) is 0. The molecule has 0 N–H and O–H groups in total. The molecule has 0 spiro atoms. The molecule has 2 atom stereocenters. The third kappa shape index (κ3) is 4.07. The molecular weight excluding hydrogens is 207 g/mol. The highest BCUT2D eigenvalue weighted by Gasteiger charge is 2.19. The van der Waals surface area contributed by atoms with Gasteiger partial charge in [-0.15, -0.1) is 23.2 Å². The largest absolute Gasteiger partial charge is 0.181 e. The Kier molecular flexibility index (Phi) is 7.51. The predicted molar refractivity (Wildman–Crippen MR) is 53.5 cm³/mol. The second-order valence-electron chi connectivity index (χ2n) is 2.32. The van der Waals surface area contributed by atoms with Crippen LogP contribution in [0.25, 0.3) is 0 Å². The van der Waals surface area contributed by atoms with Crippen LogP contribution in [0, 0.1) is 0 Å². The van der Waals surface area contributed by atoms with E-state index in [0.717, 1.165) is 22.4 Å². The first kappa shape index (κ1) is 11.1. The molecule has 0 amide bonds. The minimum absolute atomic E-state index is 0.241. The van der Waals surface area contributed by atoms with E-state index in [1.807, 2.05) is 0 Å². The number of alkyl halides is 2. The van der Waals surface area contributed by atoms with Crippen molar-refractivity contribution in [3.05, 3.63) is 0 Å². The topological polar surface area (TPSA) is 0 Å². The molecule has 0 saturated heterocycles. The molecule has 1 saturated carbocycles. The van der Waals surface area contributed by atoms with Crippen LogP contribution in [0.5, 0.6) is 0 Å². The first-order chi connectivity index (χ1) is 4.80. The van der Waals surface area contributed by atoms with Gasteiger partial charge in [-0.1, -0.05) is 12.8 Å². The molecule has 0 radical (unpaired) electrons. The highest BCUT2D eigenvalue weighted by Crippen LogP contribution is 2.26. The second kappa shape index (κ2) is 6.78. The van der Waals surface area contributed by atoms with E-state index in [1.54, 1.807) is 0 Å². The van der Waals surface area contributed by atoms with E-state index in [-0.39, 0.29) is 10.8 Å². The van der Waals surface area contributed by atoms with Crippen LogP contribution in [0.15, 0.2) is 0 Å². The minimum atomic E-state index is 0.241. The molecule has 0 aliphatic heterocycles. The van der Waals surface area contributed by atoms with Crippen LogP contribution < -0.4 is 0 Å². The Morgan fingerprint density at radius 1 is 0.900 bits per heavy atom. The summed E-state index contributed by atoms with van der Waals surface area (Å²) in [7, 11) is 0.778. The molecule has 0 bridgehead atoms. The Hall–Kier alpha value is 1.09. The van der Waals surface area contributed by atoms with Gasteiger partial charge < -0.3 is 0 Å². The van der Waals surface area contributed by atoms with Gasteiger partial charge in [-0.3, -0.25) is 0 Å². The van der Waals surface area contributed by atoms with Crippen LogP contribution in [0.1, 0.15) is 25.7 Å². The zero-order chi connectivity index (χ0) is 7.98. The van der Waals surface area contributed by atoms with Crippen LogP contribution >= 0.6 is 34.3 Å². The molecule has 0 heterocycles. The maximum Gasteiger partial charge on any atom is 0.109 e. The maximum absolute atomic E-state index is 5.84. The molecule has 2 unspecified atom stereocenters. The molecule has 1 fully saturated rings. The monoisotopic (exact) mass is 218 g/mol. The summed E-state index contributed by atoms with van der Waals surface area (Å²) in [6.45, 7) is 0. The average Bonchev–Trinajstić information content (AvgIpc) is 2.00. The molecule has 1 aliphatic carbocycles. The van der Waals surface area contributed by atoms with Crippen LogP contribution in [-0.4, -0.2) is 20.3 Å². The molecule has 0 aromatic heterocycles. The first-order valence-electron chi connectivity index (χ1n) is 3.46. The van der Waals surface area contributed by atoms with Gasteiger partial charge in [0.1, 0.15) is 9.55 Å². The molecule has 0 aromatic rings. The molecule has 10 heavy (non-hydrogen) atoms. The van der Waals surface area contributed by atoms with Gasteiger partial charge in [0, 0.05) is 10.8 Å². The summed E-state index contributed by atoms with van der Waals surface area (Å²) in [6.07, 6.45) is 4.74. The van der Waals surface area contributed by atoms with E-state index in [9.17, 15) is 0 Å². The third-order valence-corrected chi connectivity index (χ3v) is 2.78. The summed E-state index contributed by atoms with van der Waals surface area (Å²) in [5.41, 5.74) is 0. The van der Waals surface area contributed by atoms with Gasteiger partial charge in [0.2, 0.25) is 0 Å². The van der Waals surface area contributed by atoms with Gasteiger partial charge in [0.05, 0.1) is 0 Å². The molecule has 62 valence electrons. The van der Waals surface area contributed by atoms with E-state index in [0.29, 0.717) is 0 Å². The van der Waals surface area contributed by atoms with Gasteiger partial charge in [0.25, 0.3) is 0 Å². The number of halogens is 3. The lowest BCUT2D eigenvalue weighted by molar-refractivity contribution is 0.517. The minimum Gasteiger partial charge on any atom is -0.181 e. The summed E-state index contributed by atoms with van der Waals surface area (Å²) >= 11 is 16.4. The number of rotatable bonds is 0. The zero-order valence-corrected chi connectivity index (χ0v) is 10.4. The highest BCUT2D eigenvalue weighted by atomic mass is 35.6. The van der Waals surface area contributed by atoms with Crippen LogP contribution in [-0.2, 0) is 0 Å². The Bertz CT molecular complexity index is 69.4. The molecule has 1 rings (SSSR count). The van der Waals surface area contributed by atoms with Gasteiger partial charge in [-0.25, -0.2) is 0 Å². The van der Waals surface area contributed by atoms with Crippen molar-refractivity contribution in [2.24, 2.45) is 0 Å². The van der Waals surface area contributed by atoms with E-state index < -0.39 is 0 Å². The molecule has 4 heteroatoms. The van der Waals surface area contributed by atoms with E-state index in [4.69, 9.17) is 34.3 Å². The van der Waals surface area contributed by atoms with Crippen molar-refractivity contribution in [3.63, 3.8) is 0 Å². The average molecular weight is 220 g/mol. The van der Waals surface area contributed by atoms with E-state index >= 15 is 0 Å².